The second-order valence-electron chi connectivity index (χ2n) is 5.97. The maximum absolute atomic E-state index is 11.6. The maximum Gasteiger partial charge on any atom is 0.294 e. The highest BCUT2D eigenvalue weighted by atomic mass is 16.6. The van der Waals surface area contributed by atoms with Gasteiger partial charge >= 0.3 is 0 Å². The van der Waals surface area contributed by atoms with Gasteiger partial charge in [-0.3, -0.25) is 10.1 Å². The summed E-state index contributed by atoms with van der Waals surface area (Å²) in [5.74, 6) is 0. The molecular formula is C19H16N4O2. The summed E-state index contributed by atoms with van der Waals surface area (Å²) in [5, 5.41) is 13.7. The summed E-state index contributed by atoms with van der Waals surface area (Å²) < 4.78 is 1.85. The molecule has 25 heavy (non-hydrogen) atoms. The standard InChI is InChI=1S/C19H16N4O2/c1-13(18-9-20-12-21-18)22-10-17(19(11-22)23(24)25)16-8-4-6-14-5-2-3-7-15(14)16/h2-13H,1H3,(H,20,21). The van der Waals surface area contributed by atoms with Gasteiger partial charge in [-0.05, 0) is 23.3 Å². The number of rotatable bonds is 4. The highest BCUT2D eigenvalue weighted by Crippen LogP contribution is 2.37. The zero-order valence-electron chi connectivity index (χ0n) is 13.6. The minimum atomic E-state index is -0.326. The monoisotopic (exact) mass is 332 g/mol. The molecular weight excluding hydrogens is 316 g/mol. The van der Waals surface area contributed by atoms with E-state index in [-0.39, 0.29) is 16.7 Å². The lowest BCUT2D eigenvalue weighted by molar-refractivity contribution is -0.384. The van der Waals surface area contributed by atoms with Crippen molar-refractivity contribution in [2.75, 3.05) is 0 Å². The highest BCUT2D eigenvalue weighted by molar-refractivity contribution is 5.98. The summed E-state index contributed by atoms with van der Waals surface area (Å²) in [5.41, 5.74) is 2.48. The first-order valence-electron chi connectivity index (χ1n) is 7.97. The van der Waals surface area contributed by atoms with Crippen molar-refractivity contribution in [3.05, 3.63) is 83.2 Å². The summed E-state index contributed by atoms with van der Waals surface area (Å²) >= 11 is 0. The Balaban J connectivity index is 1.90. The molecule has 2 heterocycles. The maximum atomic E-state index is 11.6. The Hall–Kier alpha value is -3.41. The van der Waals surface area contributed by atoms with Gasteiger partial charge < -0.3 is 9.55 Å². The quantitative estimate of drug-likeness (QED) is 0.440. The van der Waals surface area contributed by atoms with Crippen molar-refractivity contribution >= 4 is 16.5 Å². The molecule has 124 valence electrons. The molecule has 0 fully saturated rings. The van der Waals surface area contributed by atoms with Crippen LogP contribution in [0.3, 0.4) is 0 Å². The third-order valence-corrected chi connectivity index (χ3v) is 4.52. The van der Waals surface area contributed by atoms with Crippen LogP contribution in [0.15, 0.2) is 67.4 Å². The average Bonchev–Trinajstić information content (AvgIpc) is 3.30. The van der Waals surface area contributed by atoms with Gasteiger partial charge in [0.05, 0.1) is 40.9 Å². The SMILES string of the molecule is CC(c1cnc[nH]1)n1cc(-c2cccc3ccccc23)c([N+](=O)[O-])c1. The fourth-order valence-corrected chi connectivity index (χ4v) is 3.16. The van der Waals surface area contributed by atoms with Gasteiger partial charge in [0.25, 0.3) is 5.69 Å². The molecule has 0 amide bonds. The van der Waals surface area contributed by atoms with Gasteiger partial charge in [0.15, 0.2) is 0 Å². The van der Waals surface area contributed by atoms with Crippen LogP contribution in [0.4, 0.5) is 5.69 Å². The van der Waals surface area contributed by atoms with Gasteiger partial charge in [-0.1, -0.05) is 42.5 Å². The fourth-order valence-electron chi connectivity index (χ4n) is 3.16. The molecule has 0 bridgehead atoms. The Kier molecular flexibility index (Phi) is 3.57. The third kappa shape index (κ3) is 2.57. The number of hydrogen-bond acceptors (Lipinski definition) is 3. The second-order valence-corrected chi connectivity index (χ2v) is 5.97. The summed E-state index contributed by atoms with van der Waals surface area (Å²) in [6.45, 7) is 1.98. The number of fused-ring (bicyclic) bond motifs is 1. The van der Waals surface area contributed by atoms with Crippen molar-refractivity contribution in [3.63, 3.8) is 0 Å². The van der Waals surface area contributed by atoms with E-state index in [1.165, 1.54) is 0 Å². The van der Waals surface area contributed by atoms with Crippen LogP contribution >= 0.6 is 0 Å². The normalized spacial score (nSPS) is 12.4. The van der Waals surface area contributed by atoms with E-state index in [9.17, 15) is 10.1 Å². The van der Waals surface area contributed by atoms with Crippen LogP contribution in [0.1, 0.15) is 18.7 Å². The number of nitro groups is 1. The van der Waals surface area contributed by atoms with Gasteiger partial charge in [0.2, 0.25) is 0 Å². The fraction of sp³-hybridized carbons (Fsp3) is 0.105. The smallest absolute Gasteiger partial charge is 0.294 e. The number of H-pyrrole nitrogens is 1. The Labute approximate surface area is 143 Å². The molecule has 4 rings (SSSR count). The molecule has 1 atom stereocenters. The molecule has 0 saturated heterocycles. The molecule has 2 aromatic carbocycles. The van der Waals surface area contributed by atoms with Crippen LogP contribution in [0.25, 0.3) is 21.9 Å². The number of nitrogens with zero attached hydrogens (tertiary/aromatic N) is 3. The van der Waals surface area contributed by atoms with E-state index >= 15 is 0 Å². The summed E-state index contributed by atoms with van der Waals surface area (Å²) in [4.78, 5) is 18.4. The minimum Gasteiger partial charge on any atom is -0.347 e. The average molecular weight is 332 g/mol. The Morgan fingerprint density at radius 2 is 1.92 bits per heavy atom. The highest BCUT2D eigenvalue weighted by Gasteiger charge is 2.22. The summed E-state index contributed by atoms with van der Waals surface area (Å²) in [6.07, 6.45) is 6.76. The zero-order valence-corrected chi connectivity index (χ0v) is 13.6. The third-order valence-electron chi connectivity index (χ3n) is 4.52. The lowest BCUT2D eigenvalue weighted by Gasteiger charge is -2.10. The van der Waals surface area contributed by atoms with E-state index < -0.39 is 0 Å². The van der Waals surface area contributed by atoms with Crippen LogP contribution in [0.5, 0.6) is 0 Å². The van der Waals surface area contributed by atoms with Gasteiger partial charge in [0, 0.05) is 6.20 Å². The molecule has 0 aliphatic heterocycles. The van der Waals surface area contributed by atoms with Gasteiger partial charge in [-0.2, -0.15) is 0 Å². The molecule has 0 spiro atoms. The van der Waals surface area contributed by atoms with Crippen molar-refractivity contribution in [3.8, 4) is 11.1 Å². The first-order valence-corrected chi connectivity index (χ1v) is 7.97. The Morgan fingerprint density at radius 3 is 2.68 bits per heavy atom. The lowest BCUT2D eigenvalue weighted by Crippen LogP contribution is -2.04. The van der Waals surface area contributed by atoms with Crippen molar-refractivity contribution in [2.45, 2.75) is 13.0 Å². The topological polar surface area (TPSA) is 76.8 Å². The van der Waals surface area contributed by atoms with E-state index in [0.717, 1.165) is 22.0 Å². The Morgan fingerprint density at radius 1 is 1.12 bits per heavy atom. The summed E-state index contributed by atoms with van der Waals surface area (Å²) in [6, 6.07) is 13.7. The minimum absolute atomic E-state index is 0.0788. The number of aromatic amines is 1. The van der Waals surface area contributed by atoms with E-state index in [2.05, 4.69) is 9.97 Å². The molecule has 1 unspecified atom stereocenters. The molecule has 0 aliphatic rings. The molecule has 6 heteroatoms. The van der Waals surface area contributed by atoms with Crippen molar-refractivity contribution in [2.24, 2.45) is 0 Å². The second kappa shape index (κ2) is 5.90. The number of imidazole rings is 1. The molecule has 0 radical (unpaired) electrons. The lowest BCUT2D eigenvalue weighted by atomic mass is 9.99. The predicted octanol–water partition coefficient (Wildman–Crippen LogP) is 4.55. The molecule has 2 aromatic heterocycles. The zero-order chi connectivity index (χ0) is 17.4. The van der Waals surface area contributed by atoms with Crippen molar-refractivity contribution < 1.29 is 4.92 Å². The number of aromatic nitrogens is 3. The molecule has 1 N–H and O–H groups in total. The first kappa shape index (κ1) is 15.1. The van der Waals surface area contributed by atoms with E-state index in [1.807, 2.05) is 60.2 Å². The van der Waals surface area contributed by atoms with Crippen LogP contribution in [0, 0.1) is 10.1 Å². The number of hydrogen-bond donors (Lipinski definition) is 1. The van der Waals surface area contributed by atoms with E-state index in [4.69, 9.17) is 0 Å². The van der Waals surface area contributed by atoms with Gasteiger partial charge in [-0.15, -0.1) is 0 Å². The van der Waals surface area contributed by atoms with Gasteiger partial charge in [0.1, 0.15) is 0 Å². The van der Waals surface area contributed by atoms with Crippen LogP contribution < -0.4 is 0 Å². The Bertz CT molecular complexity index is 1050. The van der Waals surface area contributed by atoms with E-state index in [1.54, 1.807) is 18.7 Å². The van der Waals surface area contributed by atoms with Crippen molar-refractivity contribution in [1.82, 2.24) is 14.5 Å². The molecule has 0 saturated carbocycles. The largest absolute Gasteiger partial charge is 0.347 e. The summed E-state index contributed by atoms with van der Waals surface area (Å²) in [7, 11) is 0. The van der Waals surface area contributed by atoms with Crippen LogP contribution in [-0.2, 0) is 0 Å². The predicted molar refractivity (Wildman–Crippen MR) is 96.4 cm³/mol. The first-order chi connectivity index (χ1) is 12.1. The molecule has 0 aliphatic carbocycles. The number of nitrogens with one attached hydrogen (secondary N) is 1. The van der Waals surface area contributed by atoms with Crippen molar-refractivity contribution in [1.29, 1.82) is 0 Å². The molecule has 4 aromatic rings. The van der Waals surface area contributed by atoms with Crippen LogP contribution in [0.2, 0.25) is 0 Å². The van der Waals surface area contributed by atoms with Crippen LogP contribution in [-0.4, -0.2) is 19.5 Å². The van der Waals surface area contributed by atoms with E-state index in [0.29, 0.717) is 5.56 Å². The number of benzene rings is 2. The molecule has 6 nitrogen and oxygen atoms in total. The van der Waals surface area contributed by atoms with Gasteiger partial charge in [-0.25, -0.2) is 4.98 Å².